The molecule has 0 aliphatic carbocycles. The average Bonchev–Trinajstić information content (AvgIpc) is 3.17. The second kappa shape index (κ2) is 24.2. The van der Waals surface area contributed by atoms with E-state index in [1.165, 1.54) is 0 Å². The summed E-state index contributed by atoms with van der Waals surface area (Å²) in [5, 5.41) is 37.8. The number of amides is 2. The lowest BCUT2D eigenvalue weighted by Gasteiger charge is -2.44. The van der Waals surface area contributed by atoms with Gasteiger partial charge in [-0.15, -0.1) is 0 Å². The number of nitrogens with one attached hydrogen (secondary N) is 6. The fourth-order valence-electron chi connectivity index (χ4n) is 7.26. The molecule has 0 spiro atoms. The normalized spacial score (nSPS) is 19.4. The highest BCUT2D eigenvalue weighted by Gasteiger charge is 2.53. The van der Waals surface area contributed by atoms with Crippen LogP contribution in [0.5, 0.6) is 0 Å². The van der Waals surface area contributed by atoms with Gasteiger partial charge in [0.25, 0.3) is 0 Å². The van der Waals surface area contributed by atoms with E-state index in [4.69, 9.17) is 5.84 Å². The number of hydrazine groups is 2. The predicted molar refractivity (Wildman–Crippen MR) is 250 cm³/mol. The maximum atomic E-state index is 14.4. The lowest BCUT2D eigenvalue weighted by molar-refractivity contribution is -0.137. The van der Waals surface area contributed by atoms with Crippen LogP contribution in [0.3, 0.4) is 0 Å². The molecule has 0 aliphatic rings. The van der Waals surface area contributed by atoms with Gasteiger partial charge in [0.05, 0.1) is 29.1 Å². The molecule has 22 heteroatoms. The van der Waals surface area contributed by atoms with Crippen LogP contribution in [0.25, 0.3) is 0 Å². The first-order valence-electron chi connectivity index (χ1n) is 19.2. The molecular formula is C37H70N9O7P3S3. The molecule has 59 heavy (non-hydrogen) atoms. The van der Waals surface area contributed by atoms with E-state index in [1.807, 2.05) is 13.8 Å². The van der Waals surface area contributed by atoms with E-state index < -0.39 is 75.5 Å². The van der Waals surface area contributed by atoms with Gasteiger partial charge in [-0.05, 0) is 93.2 Å². The van der Waals surface area contributed by atoms with Crippen molar-refractivity contribution in [3.63, 3.8) is 0 Å². The minimum absolute atomic E-state index is 0.00135. The van der Waals surface area contributed by atoms with Gasteiger partial charge in [-0.3, -0.25) is 29.8 Å². The highest BCUT2D eigenvalue weighted by Crippen LogP contribution is 2.50. The third-order valence-electron chi connectivity index (χ3n) is 11.1. The summed E-state index contributed by atoms with van der Waals surface area (Å²) < 4.78 is 0. The highest BCUT2D eigenvalue weighted by atomic mass is 32.5. The van der Waals surface area contributed by atoms with E-state index in [0.717, 1.165) is 0 Å². The molecular weight excluding hydrogens is 872 g/mol. The van der Waals surface area contributed by atoms with Crippen LogP contribution in [0.2, 0.25) is 0 Å². The second-order valence-corrected chi connectivity index (χ2v) is 24.4. The third kappa shape index (κ3) is 15.8. The summed E-state index contributed by atoms with van der Waals surface area (Å²) in [4.78, 5) is 77.7. The molecule has 0 aromatic rings. The Balaban J connectivity index is 6.64. The molecule has 0 aromatic heterocycles. The summed E-state index contributed by atoms with van der Waals surface area (Å²) in [6.07, 6.45) is -0.447. The molecule has 0 rings (SSSR count). The van der Waals surface area contributed by atoms with E-state index in [0.29, 0.717) is 18.5 Å². The lowest BCUT2D eigenvalue weighted by atomic mass is 9.62. The van der Waals surface area contributed by atoms with Crippen LogP contribution in [0.4, 0.5) is 0 Å². The van der Waals surface area contributed by atoms with E-state index in [9.17, 15) is 39.4 Å². The van der Waals surface area contributed by atoms with Crippen LogP contribution in [0.15, 0.2) is 17.4 Å². The summed E-state index contributed by atoms with van der Waals surface area (Å²) in [7, 11) is 6.30. The van der Waals surface area contributed by atoms with Gasteiger partial charge in [0, 0.05) is 57.4 Å². The molecule has 0 saturated carbocycles. The van der Waals surface area contributed by atoms with Gasteiger partial charge >= 0.3 is 0 Å². The number of aliphatic hydroxyl groups is 2. The Kier molecular flexibility index (Phi) is 23.4. The number of hydrogen-bond donors (Lipinski definition) is 9. The fourth-order valence-corrected chi connectivity index (χ4v) is 12.5. The molecule has 16 nitrogen and oxygen atoms in total. The summed E-state index contributed by atoms with van der Waals surface area (Å²) in [5.41, 5.74) is -3.86. The quantitative estimate of drug-likeness (QED) is 0.0245. The maximum absolute atomic E-state index is 14.4. The molecule has 0 aromatic carbocycles. The zero-order valence-electron chi connectivity index (χ0n) is 36.6. The van der Waals surface area contributed by atoms with Gasteiger partial charge in [-0.2, -0.15) is 20.0 Å². The van der Waals surface area contributed by atoms with Gasteiger partial charge in [0.2, 0.25) is 27.2 Å². The minimum Gasteiger partial charge on any atom is -0.392 e. The number of carbonyl (C=O) groups is 5. The van der Waals surface area contributed by atoms with Crippen LogP contribution in [0.1, 0.15) is 121 Å². The number of hydrazone groups is 1. The van der Waals surface area contributed by atoms with Crippen molar-refractivity contribution in [2.45, 2.75) is 133 Å². The molecule has 0 aliphatic heterocycles. The van der Waals surface area contributed by atoms with Crippen molar-refractivity contribution in [1.29, 1.82) is 5.26 Å². The number of nitriles is 1. The zero-order chi connectivity index (χ0) is 46.4. The Morgan fingerprint density at radius 2 is 1.25 bits per heavy atom. The monoisotopic (exact) mass is 941 g/mol. The molecule has 10 unspecified atom stereocenters. The third-order valence-corrected chi connectivity index (χ3v) is 17.2. The highest BCUT2D eigenvalue weighted by molar-refractivity contribution is 8.25. The maximum Gasteiger partial charge on any atom is 0.227 e. The van der Waals surface area contributed by atoms with Crippen molar-refractivity contribution in [2.75, 3.05) is 13.1 Å². The van der Waals surface area contributed by atoms with Crippen molar-refractivity contribution in [3.8, 4) is 6.07 Å². The molecule has 10 N–H and O–H groups in total. The number of nitrogens with zero attached hydrogens (tertiary/aromatic N) is 2. The van der Waals surface area contributed by atoms with E-state index >= 15 is 0 Å². The van der Waals surface area contributed by atoms with Crippen LogP contribution in [-0.2, 0) is 54.7 Å². The Labute approximate surface area is 365 Å². The molecule has 10 atom stereocenters. The molecule has 0 saturated heterocycles. The first-order chi connectivity index (χ1) is 26.9. The first-order valence-corrected chi connectivity index (χ1v) is 26.5. The van der Waals surface area contributed by atoms with Gasteiger partial charge in [-0.1, -0.05) is 79.1 Å². The Bertz CT molecular complexity index is 1700. The van der Waals surface area contributed by atoms with E-state index in [1.54, 1.807) is 62.3 Å². The smallest absolute Gasteiger partial charge is 0.227 e. The van der Waals surface area contributed by atoms with Crippen molar-refractivity contribution >= 4 is 88.7 Å². The largest absolute Gasteiger partial charge is 0.392 e. The van der Waals surface area contributed by atoms with Gasteiger partial charge in [0.1, 0.15) is 0 Å². The summed E-state index contributed by atoms with van der Waals surface area (Å²) in [6, 6.07) is 2.33. The van der Waals surface area contributed by atoms with Gasteiger partial charge < -0.3 is 26.3 Å². The number of hydrogen-bond acceptors (Lipinski definition) is 11. The molecule has 338 valence electrons. The fraction of sp³-hybridized carbons (Fsp3) is 0.757. The first kappa shape index (κ1) is 57.2. The average molecular weight is 942 g/mol. The van der Waals surface area contributed by atoms with Gasteiger partial charge in [-0.25, -0.2) is 4.83 Å². The van der Waals surface area contributed by atoms with Gasteiger partial charge in [0.15, 0.2) is 0 Å². The number of nitrogens with two attached hydrogens (primary N) is 1. The zero-order valence-corrected chi connectivity index (χ0v) is 42.0. The van der Waals surface area contributed by atoms with Crippen molar-refractivity contribution in [3.05, 3.63) is 12.3 Å². The minimum atomic E-state index is -1.40. The van der Waals surface area contributed by atoms with Crippen molar-refractivity contribution in [2.24, 2.45) is 43.4 Å². The van der Waals surface area contributed by atoms with Crippen LogP contribution < -0.4 is 36.4 Å². The molecule has 0 fully saturated rings. The van der Waals surface area contributed by atoms with Crippen LogP contribution >= 0.6 is 24.0 Å². The lowest BCUT2D eigenvalue weighted by Crippen LogP contribution is -2.51. The topological polar surface area (TPSA) is 260 Å². The van der Waals surface area contributed by atoms with Crippen molar-refractivity contribution in [1.82, 2.24) is 30.6 Å². The number of allylic oxidation sites excluding steroid dienone is 1. The molecule has 0 bridgehead atoms. The SMILES string of the molecule is C=NNS(=P)C(=O)C(C)(CC(C)(C)C(=O)S(=P)NNC(=C)CCC(C)(C#N)C(C)(CC)C(=O)NCC(C)O)CC(C)(CC(C)(CC)C(=O)NCC(C)O)C(=O)S(=P)NN. The number of rotatable bonds is 27. The van der Waals surface area contributed by atoms with Crippen LogP contribution in [-0.4, -0.2) is 69.4 Å². The summed E-state index contributed by atoms with van der Waals surface area (Å²) in [5.74, 6) is 5.02. The number of carbonyl (C=O) groups excluding carboxylic acids is 5. The van der Waals surface area contributed by atoms with Crippen molar-refractivity contribution < 1.29 is 34.2 Å². The van der Waals surface area contributed by atoms with Crippen LogP contribution in [0, 0.1) is 43.8 Å². The molecule has 2 amide bonds. The Hall–Kier alpha value is -1.80. The van der Waals surface area contributed by atoms with E-state index in [2.05, 4.69) is 79.1 Å². The Morgan fingerprint density at radius 3 is 1.69 bits per heavy atom. The van der Waals surface area contributed by atoms with E-state index in [-0.39, 0.29) is 72.4 Å². The second-order valence-electron chi connectivity index (χ2n) is 17.2. The summed E-state index contributed by atoms with van der Waals surface area (Å²) in [6.45, 7) is 26.2. The predicted octanol–water partition coefficient (Wildman–Crippen LogP) is 3.96. The number of aliphatic hydroxyl groups excluding tert-OH is 2. The molecule has 0 radical (unpaired) electrons. The summed E-state index contributed by atoms with van der Waals surface area (Å²) >= 11 is 0. The standard InChI is InChI=1S/C37H70N9O7P3S3/c1-14-33(8,27(49)41-18-25(4)47)21-35(10,30(52)57(54)44-39)22-34(9,31(53)59(56)45-40-13)20-32(6,7)29(51)58(55)46-43-24(3)16-17-36(11,23-38)37(12,15-2)28(50)42-19-26(5)48/h25-26,43-48,54-56H,3,13-22,39H2,1-2,4-12H3,(H,41,49)(H,42,50). The Morgan fingerprint density at radius 1 is 0.780 bits per heavy atom. The molecule has 0 heterocycles.